The van der Waals surface area contributed by atoms with Gasteiger partial charge in [-0.1, -0.05) is 29.8 Å². The molecule has 1 aromatic heterocycles. The van der Waals surface area contributed by atoms with Crippen molar-refractivity contribution in [2.24, 2.45) is 0 Å². The number of carbonyl (C=O) groups excluding carboxylic acids is 1. The Labute approximate surface area is 148 Å². The molecule has 3 rings (SSSR count). The van der Waals surface area contributed by atoms with Crippen LogP contribution in [-0.2, 0) is 11.3 Å². The Morgan fingerprint density at radius 2 is 1.88 bits per heavy atom. The highest BCUT2D eigenvalue weighted by atomic mass is 16.2. The van der Waals surface area contributed by atoms with E-state index in [9.17, 15) is 4.79 Å². The topological polar surface area (TPSA) is 61.4 Å². The standard InChI is InChI=1S/C19H25N5O/c1-14-5-4-6-17(11-14)13-20-19-21-15(2)12-18(22-19)24-9-7-23(8-10-24)16(3)25/h4-6,11-12H,7-10,13H2,1-3H3,(H,20,21,22). The Hall–Kier alpha value is -2.63. The van der Waals surface area contributed by atoms with E-state index in [4.69, 9.17) is 0 Å². The Balaban J connectivity index is 1.67. The number of carbonyl (C=O) groups is 1. The van der Waals surface area contributed by atoms with Crippen LogP contribution in [-0.4, -0.2) is 47.0 Å². The van der Waals surface area contributed by atoms with Crippen LogP contribution in [0.1, 0.15) is 23.7 Å². The Bertz CT molecular complexity index is 753. The minimum absolute atomic E-state index is 0.138. The monoisotopic (exact) mass is 339 g/mol. The number of anilines is 2. The second kappa shape index (κ2) is 7.51. The molecule has 1 fully saturated rings. The lowest BCUT2D eigenvalue weighted by atomic mass is 10.1. The smallest absolute Gasteiger partial charge is 0.225 e. The number of aromatic nitrogens is 2. The quantitative estimate of drug-likeness (QED) is 0.927. The summed E-state index contributed by atoms with van der Waals surface area (Å²) in [6.07, 6.45) is 0. The summed E-state index contributed by atoms with van der Waals surface area (Å²) in [7, 11) is 0. The van der Waals surface area contributed by atoms with Gasteiger partial charge in [0.1, 0.15) is 5.82 Å². The molecule has 0 saturated carbocycles. The Morgan fingerprint density at radius 3 is 2.56 bits per heavy atom. The van der Waals surface area contributed by atoms with Gasteiger partial charge in [0.25, 0.3) is 0 Å². The minimum atomic E-state index is 0.138. The van der Waals surface area contributed by atoms with Gasteiger partial charge in [-0.15, -0.1) is 0 Å². The van der Waals surface area contributed by atoms with E-state index in [2.05, 4.69) is 51.4 Å². The maximum absolute atomic E-state index is 11.5. The lowest BCUT2D eigenvalue weighted by molar-refractivity contribution is -0.129. The molecule has 25 heavy (non-hydrogen) atoms. The average molecular weight is 339 g/mol. The number of hydrogen-bond donors (Lipinski definition) is 1. The number of nitrogens with one attached hydrogen (secondary N) is 1. The van der Waals surface area contributed by atoms with Crippen molar-refractivity contribution in [2.45, 2.75) is 27.3 Å². The molecule has 0 bridgehead atoms. The van der Waals surface area contributed by atoms with Crippen molar-refractivity contribution in [2.75, 3.05) is 36.4 Å². The summed E-state index contributed by atoms with van der Waals surface area (Å²) in [5, 5.41) is 3.32. The molecule has 0 unspecified atom stereocenters. The molecule has 0 atom stereocenters. The van der Waals surface area contributed by atoms with Crippen LogP contribution in [0.4, 0.5) is 11.8 Å². The van der Waals surface area contributed by atoms with Gasteiger partial charge in [0.05, 0.1) is 0 Å². The molecular weight excluding hydrogens is 314 g/mol. The van der Waals surface area contributed by atoms with Gasteiger partial charge < -0.3 is 15.1 Å². The van der Waals surface area contributed by atoms with E-state index in [1.54, 1.807) is 6.92 Å². The zero-order valence-corrected chi connectivity index (χ0v) is 15.1. The van der Waals surface area contributed by atoms with Crippen molar-refractivity contribution in [1.29, 1.82) is 0 Å². The van der Waals surface area contributed by atoms with E-state index < -0.39 is 0 Å². The molecule has 1 N–H and O–H groups in total. The third-order valence-electron chi connectivity index (χ3n) is 4.42. The molecule has 6 heteroatoms. The average Bonchev–Trinajstić information content (AvgIpc) is 2.60. The summed E-state index contributed by atoms with van der Waals surface area (Å²) < 4.78 is 0. The predicted molar refractivity (Wildman–Crippen MR) is 99.7 cm³/mol. The van der Waals surface area contributed by atoms with Crippen LogP contribution in [0, 0.1) is 13.8 Å². The van der Waals surface area contributed by atoms with Gasteiger partial charge in [0, 0.05) is 51.4 Å². The van der Waals surface area contributed by atoms with E-state index in [0.717, 1.165) is 37.7 Å². The van der Waals surface area contributed by atoms with Crippen molar-refractivity contribution >= 4 is 17.7 Å². The maximum atomic E-state index is 11.5. The fourth-order valence-electron chi connectivity index (χ4n) is 3.05. The zero-order chi connectivity index (χ0) is 17.8. The summed E-state index contributed by atoms with van der Waals surface area (Å²) in [4.78, 5) is 24.7. The SMILES string of the molecule is CC(=O)N1CCN(c2cc(C)nc(NCc3cccc(C)c3)n2)CC1. The second-order valence-corrected chi connectivity index (χ2v) is 6.53. The molecule has 0 aliphatic carbocycles. The van der Waals surface area contributed by atoms with Gasteiger partial charge in [-0.05, 0) is 19.4 Å². The van der Waals surface area contributed by atoms with Crippen molar-refractivity contribution in [3.63, 3.8) is 0 Å². The number of rotatable bonds is 4. The fourth-order valence-corrected chi connectivity index (χ4v) is 3.05. The molecular formula is C19H25N5O. The fraction of sp³-hybridized carbons (Fsp3) is 0.421. The number of benzene rings is 1. The van der Waals surface area contributed by atoms with Crippen LogP contribution in [0.15, 0.2) is 30.3 Å². The molecule has 132 valence electrons. The lowest BCUT2D eigenvalue weighted by Crippen LogP contribution is -2.48. The van der Waals surface area contributed by atoms with Gasteiger partial charge in [-0.3, -0.25) is 4.79 Å². The first-order valence-electron chi connectivity index (χ1n) is 8.67. The van der Waals surface area contributed by atoms with Crippen LogP contribution < -0.4 is 10.2 Å². The predicted octanol–water partition coefficient (Wildman–Crippen LogP) is 2.37. The summed E-state index contributed by atoms with van der Waals surface area (Å²) in [5.41, 5.74) is 3.39. The molecule has 1 aliphatic heterocycles. The number of amides is 1. The summed E-state index contributed by atoms with van der Waals surface area (Å²) in [5.74, 6) is 1.70. The number of nitrogens with zero attached hydrogens (tertiary/aromatic N) is 4. The highest BCUT2D eigenvalue weighted by molar-refractivity contribution is 5.73. The van der Waals surface area contributed by atoms with Crippen LogP contribution in [0.25, 0.3) is 0 Å². The van der Waals surface area contributed by atoms with Crippen molar-refractivity contribution in [3.05, 3.63) is 47.2 Å². The number of hydrogen-bond acceptors (Lipinski definition) is 5. The van der Waals surface area contributed by atoms with Crippen molar-refractivity contribution in [3.8, 4) is 0 Å². The largest absolute Gasteiger partial charge is 0.353 e. The maximum Gasteiger partial charge on any atom is 0.225 e. The van der Waals surface area contributed by atoms with Crippen molar-refractivity contribution < 1.29 is 4.79 Å². The van der Waals surface area contributed by atoms with E-state index in [-0.39, 0.29) is 5.91 Å². The van der Waals surface area contributed by atoms with Gasteiger partial charge in [-0.2, -0.15) is 4.98 Å². The van der Waals surface area contributed by atoms with E-state index in [1.807, 2.05) is 17.9 Å². The van der Waals surface area contributed by atoms with E-state index in [1.165, 1.54) is 11.1 Å². The molecule has 0 radical (unpaired) electrons. The van der Waals surface area contributed by atoms with Gasteiger partial charge in [0.15, 0.2) is 0 Å². The third kappa shape index (κ3) is 4.47. The van der Waals surface area contributed by atoms with E-state index >= 15 is 0 Å². The molecule has 1 aliphatic rings. The number of aryl methyl sites for hydroxylation is 2. The highest BCUT2D eigenvalue weighted by Crippen LogP contribution is 2.17. The normalized spacial score (nSPS) is 14.5. The Kier molecular flexibility index (Phi) is 5.16. The summed E-state index contributed by atoms with van der Waals surface area (Å²) in [6.45, 7) is 9.47. The van der Waals surface area contributed by atoms with Gasteiger partial charge >= 0.3 is 0 Å². The molecule has 0 spiro atoms. The molecule has 2 heterocycles. The van der Waals surface area contributed by atoms with Crippen LogP contribution in [0.3, 0.4) is 0 Å². The van der Waals surface area contributed by atoms with Crippen molar-refractivity contribution in [1.82, 2.24) is 14.9 Å². The molecule has 2 aromatic rings. The van der Waals surface area contributed by atoms with Gasteiger partial charge in [-0.25, -0.2) is 4.98 Å². The molecule has 1 aromatic carbocycles. The van der Waals surface area contributed by atoms with Crippen LogP contribution in [0.2, 0.25) is 0 Å². The molecule has 1 amide bonds. The van der Waals surface area contributed by atoms with E-state index in [0.29, 0.717) is 12.5 Å². The third-order valence-corrected chi connectivity index (χ3v) is 4.42. The zero-order valence-electron chi connectivity index (χ0n) is 15.1. The van der Waals surface area contributed by atoms with Crippen LogP contribution >= 0.6 is 0 Å². The second-order valence-electron chi connectivity index (χ2n) is 6.53. The van der Waals surface area contributed by atoms with Gasteiger partial charge in [0.2, 0.25) is 11.9 Å². The first-order chi connectivity index (χ1) is 12.0. The molecule has 6 nitrogen and oxygen atoms in total. The molecule has 1 saturated heterocycles. The van der Waals surface area contributed by atoms with Crippen LogP contribution in [0.5, 0.6) is 0 Å². The minimum Gasteiger partial charge on any atom is -0.353 e. The first kappa shape index (κ1) is 17.2. The summed E-state index contributed by atoms with van der Waals surface area (Å²) in [6, 6.07) is 10.4. The first-order valence-corrected chi connectivity index (χ1v) is 8.67. The highest BCUT2D eigenvalue weighted by Gasteiger charge is 2.20. The lowest BCUT2D eigenvalue weighted by Gasteiger charge is -2.35. The summed E-state index contributed by atoms with van der Waals surface area (Å²) >= 11 is 0. The number of piperazine rings is 1. The Morgan fingerprint density at radius 1 is 1.12 bits per heavy atom.